The first-order chi connectivity index (χ1) is 12.6. The van der Waals surface area contributed by atoms with E-state index in [-0.39, 0.29) is 17.6 Å². The number of carbonyl (C=O) groups is 1. The maximum atomic E-state index is 12.1. The smallest absolute Gasteiger partial charge is 0.407 e. The van der Waals surface area contributed by atoms with Crippen LogP contribution in [-0.4, -0.2) is 24.3 Å². The normalized spacial score (nSPS) is 24.2. The molecule has 0 saturated heterocycles. The molecular formula is C22H31N3O2. The molecule has 0 spiro atoms. The molecule has 0 aromatic heterocycles. The quantitative estimate of drug-likeness (QED) is 0.803. The van der Waals surface area contributed by atoms with Gasteiger partial charge in [-0.2, -0.15) is 5.26 Å². The molecule has 3 unspecified atom stereocenters. The van der Waals surface area contributed by atoms with Crippen LogP contribution in [0.3, 0.4) is 0 Å². The summed E-state index contributed by atoms with van der Waals surface area (Å²) in [7, 11) is 0. The standard InChI is InChI=1S/C22H31N3O2/c1-21(2,3)27-20(26)24-13-22(4,5)19-16-8-6-7-15(16)17-11-14(12-23)9-10-18(17)25-19/h9-11,15-16,19,25H,6-8,13H2,1-5H3,(H,24,26). The van der Waals surface area contributed by atoms with Crippen molar-refractivity contribution in [2.24, 2.45) is 11.3 Å². The van der Waals surface area contributed by atoms with E-state index >= 15 is 0 Å². The molecule has 2 N–H and O–H groups in total. The Bertz CT molecular complexity index is 758. The van der Waals surface area contributed by atoms with E-state index in [1.54, 1.807) is 0 Å². The summed E-state index contributed by atoms with van der Waals surface area (Å²) in [5, 5.41) is 15.9. The highest BCUT2D eigenvalue weighted by molar-refractivity contribution is 5.67. The molecule has 27 heavy (non-hydrogen) atoms. The van der Waals surface area contributed by atoms with Crippen molar-refractivity contribution in [1.82, 2.24) is 5.32 Å². The summed E-state index contributed by atoms with van der Waals surface area (Å²) in [6, 6.07) is 8.49. The van der Waals surface area contributed by atoms with Gasteiger partial charge in [0.25, 0.3) is 0 Å². The third kappa shape index (κ3) is 4.21. The van der Waals surface area contributed by atoms with E-state index in [1.807, 2.05) is 39.0 Å². The molecule has 1 saturated carbocycles. The summed E-state index contributed by atoms with van der Waals surface area (Å²) in [5.41, 5.74) is 2.52. The average Bonchev–Trinajstić information content (AvgIpc) is 3.07. The Balaban J connectivity index is 1.77. The maximum Gasteiger partial charge on any atom is 0.407 e. The molecule has 3 rings (SSSR count). The lowest BCUT2D eigenvalue weighted by Crippen LogP contribution is -2.51. The molecule has 3 atom stereocenters. The number of ether oxygens (including phenoxy) is 1. The fraction of sp³-hybridized carbons (Fsp3) is 0.636. The largest absolute Gasteiger partial charge is 0.444 e. The van der Waals surface area contributed by atoms with E-state index in [0.29, 0.717) is 18.4 Å². The Morgan fingerprint density at radius 3 is 2.70 bits per heavy atom. The number of nitrogens with one attached hydrogen (secondary N) is 2. The summed E-state index contributed by atoms with van der Waals surface area (Å²) in [6.45, 7) is 10.6. The number of alkyl carbamates (subject to hydrolysis) is 1. The number of rotatable bonds is 3. The Kier molecular flexibility index (Phi) is 5.12. The second-order valence-electron chi connectivity index (χ2n) is 9.58. The highest BCUT2D eigenvalue weighted by Gasteiger charge is 2.46. The number of nitrogens with zero attached hydrogens (tertiary/aromatic N) is 1. The highest BCUT2D eigenvalue weighted by Crippen LogP contribution is 2.51. The summed E-state index contributed by atoms with van der Waals surface area (Å²) < 4.78 is 5.39. The van der Waals surface area contributed by atoms with Gasteiger partial charge in [0, 0.05) is 23.7 Å². The Morgan fingerprint density at radius 2 is 2.04 bits per heavy atom. The third-order valence-corrected chi connectivity index (χ3v) is 5.82. The number of nitriles is 1. The van der Waals surface area contributed by atoms with Crippen molar-refractivity contribution < 1.29 is 9.53 Å². The minimum absolute atomic E-state index is 0.129. The fourth-order valence-corrected chi connectivity index (χ4v) is 4.62. The van der Waals surface area contributed by atoms with Crippen molar-refractivity contribution in [3.63, 3.8) is 0 Å². The number of fused-ring (bicyclic) bond motifs is 3. The SMILES string of the molecule is CC(C)(C)OC(=O)NCC(C)(C)C1Nc2ccc(C#N)cc2C2CCCC21. The second-order valence-corrected chi connectivity index (χ2v) is 9.58. The molecule has 0 radical (unpaired) electrons. The minimum atomic E-state index is -0.495. The highest BCUT2D eigenvalue weighted by atomic mass is 16.6. The van der Waals surface area contributed by atoms with E-state index < -0.39 is 5.60 Å². The van der Waals surface area contributed by atoms with E-state index in [4.69, 9.17) is 4.74 Å². The molecule has 146 valence electrons. The fourth-order valence-electron chi connectivity index (χ4n) is 4.62. The van der Waals surface area contributed by atoms with Crippen LogP contribution >= 0.6 is 0 Å². The van der Waals surface area contributed by atoms with Gasteiger partial charge in [0.1, 0.15) is 5.60 Å². The van der Waals surface area contributed by atoms with Crippen molar-refractivity contribution in [1.29, 1.82) is 5.26 Å². The Labute approximate surface area is 162 Å². The number of carbonyl (C=O) groups excluding carboxylic acids is 1. The van der Waals surface area contributed by atoms with Gasteiger partial charge >= 0.3 is 6.09 Å². The van der Waals surface area contributed by atoms with E-state index in [9.17, 15) is 10.1 Å². The summed E-state index contributed by atoms with van der Waals surface area (Å²) in [6.07, 6.45) is 3.18. The van der Waals surface area contributed by atoms with Crippen LogP contribution < -0.4 is 10.6 Å². The van der Waals surface area contributed by atoms with Crippen molar-refractivity contribution in [2.45, 2.75) is 71.4 Å². The van der Waals surface area contributed by atoms with Crippen LogP contribution in [0.4, 0.5) is 10.5 Å². The molecule has 0 bridgehead atoms. The molecular weight excluding hydrogens is 338 g/mol. The van der Waals surface area contributed by atoms with Gasteiger partial charge in [0.05, 0.1) is 11.6 Å². The van der Waals surface area contributed by atoms with Gasteiger partial charge in [-0.3, -0.25) is 0 Å². The van der Waals surface area contributed by atoms with Gasteiger partial charge in [-0.05, 0) is 69.2 Å². The molecule has 1 aliphatic carbocycles. The predicted octanol–water partition coefficient (Wildman–Crippen LogP) is 4.79. The lowest BCUT2D eigenvalue weighted by atomic mass is 9.69. The second kappa shape index (κ2) is 7.07. The first-order valence-corrected chi connectivity index (χ1v) is 9.88. The zero-order chi connectivity index (χ0) is 19.8. The van der Waals surface area contributed by atoms with Gasteiger partial charge in [0.15, 0.2) is 0 Å². The number of hydrogen-bond acceptors (Lipinski definition) is 4. The third-order valence-electron chi connectivity index (χ3n) is 5.82. The first-order valence-electron chi connectivity index (χ1n) is 9.88. The molecule has 1 aromatic rings. The van der Waals surface area contributed by atoms with Crippen molar-refractivity contribution in [3.8, 4) is 6.07 Å². The number of hydrogen-bond donors (Lipinski definition) is 2. The van der Waals surface area contributed by atoms with Gasteiger partial charge in [0.2, 0.25) is 0 Å². The molecule has 1 aliphatic heterocycles. The van der Waals surface area contributed by atoms with Crippen LogP contribution in [0.2, 0.25) is 0 Å². The molecule has 1 heterocycles. The lowest BCUT2D eigenvalue weighted by Gasteiger charge is -2.45. The topological polar surface area (TPSA) is 74.2 Å². The van der Waals surface area contributed by atoms with Crippen LogP contribution in [0.25, 0.3) is 0 Å². The lowest BCUT2D eigenvalue weighted by molar-refractivity contribution is 0.0495. The average molecular weight is 370 g/mol. The van der Waals surface area contributed by atoms with Crippen molar-refractivity contribution in [3.05, 3.63) is 29.3 Å². The van der Waals surface area contributed by atoms with E-state index in [1.165, 1.54) is 24.8 Å². The molecule has 5 nitrogen and oxygen atoms in total. The number of anilines is 1. The van der Waals surface area contributed by atoms with Gasteiger partial charge in [-0.1, -0.05) is 20.3 Å². The zero-order valence-corrected chi connectivity index (χ0v) is 17.1. The van der Waals surface area contributed by atoms with Gasteiger partial charge in [-0.25, -0.2) is 4.79 Å². The molecule has 1 amide bonds. The van der Waals surface area contributed by atoms with Crippen molar-refractivity contribution in [2.75, 3.05) is 11.9 Å². The Morgan fingerprint density at radius 1 is 1.30 bits per heavy atom. The van der Waals surface area contributed by atoms with E-state index in [2.05, 4.69) is 30.6 Å². The van der Waals surface area contributed by atoms with Crippen LogP contribution in [0.15, 0.2) is 18.2 Å². The van der Waals surface area contributed by atoms with Gasteiger partial charge < -0.3 is 15.4 Å². The molecule has 5 heteroatoms. The zero-order valence-electron chi connectivity index (χ0n) is 17.1. The van der Waals surface area contributed by atoms with Crippen LogP contribution in [0, 0.1) is 22.7 Å². The summed E-state index contributed by atoms with van der Waals surface area (Å²) >= 11 is 0. The van der Waals surface area contributed by atoms with Crippen molar-refractivity contribution >= 4 is 11.8 Å². The molecule has 1 aromatic carbocycles. The van der Waals surface area contributed by atoms with Crippen LogP contribution in [-0.2, 0) is 4.74 Å². The predicted molar refractivity (Wildman–Crippen MR) is 107 cm³/mol. The van der Waals surface area contributed by atoms with Crippen LogP contribution in [0.5, 0.6) is 0 Å². The Hall–Kier alpha value is -2.22. The molecule has 1 fully saturated rings. The number of benzene rings is 1. The summed E-state index contributed by atoms with van der Waals surface area (Å²) in [4.78, 5) is 12.1. The van der Waals surface area contributed by atoms with Crippen LogP contribution in [0.1, 0.15) is 70.9 Å². The first kappa shape index (κ1) is 19.5. The monoisotopic (exact) mass is 369 g/mol. The molecule has 2 aliphatic rings. The maximum absolute atomic E-state index is 12.1. The van der Waals surface area contributed by atoms with Gasteiger partial charge in [-0.15, -0.1) is 0 Å². The number of amides is 1. The minimum Gasteiger partial charge on any atom is -0.444 e. The van der Waals surface area contributed by atoms with E-state index in [0.717, 1.165) is 11.3 Å². The summed E-state index contributed by atoms with van der Waals surface area (Å²) in [5.74, 6) is 1.00.